The van der Waals surface area contributed by atoms with E-state index in [2.05, 4.69) is 15.6 Å². The van der Waals surface area contributed by atoms with E-state index in [1.807, 2.05) is 26.8 Å². The fraction of sp³-hybridized carbons (Fsp3) is 0.643. The number of guanidine groups is 1. The molecule has 0 bridgehead atoms. The SMILES string of the molecule is CCOCCCNC(=NC)NCc1cc(C)oc1C.I. The first-order valence-electron chi connectivity index (χ1n) is 6.75. The van der Waals surface area contributed by atoms with Crippen molar-refractivity contribution in [3.63, 3.8) is 0 Å². The Hall–Kier alpha value is -0.760. The highest BCUT2D eigenvalue weighted by atomic mass is 127. The number of aliphatic imine (C=N–C) groups is 1. The molecule has 0 aromatic carbocycles. The number of hydrogen-bond acceptors (Lipinski definition) is 3. The Kier molecular flexibility index (Phi) is 10.5. The van der Waals surface area contributed by atoms with Gasteiger partial charge in [-0.15, -0.1) is 24.0 Å². The molecule has 1 rings (SSSR count). The lowest BCUT2D eigenvalue weighted by Gasteiger charge is -2.11. The summed E-state index contributed by atoms with van der Waals surface area (Å²) in [4.78, 5) is 4.18. The lowest BCUT2D eigenvalue weighted by Crippen LogP contribution is -2.37. The number of furan rings is 1. The fourth-order valence-corrected chi connectivity index (χ4v) is 1.78. The maximum absolute atomic E-state index is 5.49. The molecule has 0 unspecified atom stereocenters. The number of nitrogens with one attached hydrogen (secondary N) is 2. The van der Waals surface area contributed by atoms with Crippen molar-refractivity contribution in [3.05, 3.63) is 23.2 Å². The van der Waals surface area contributed by atoms with Crippen molar-refractivity contribution in [1.29, 1.82) is 0 Å². The molecule has 0 saturated carbocycles. The lowest BCUT2D eigenvalue weighted by molar-refractivity contribution is 0.145. The quantitative estimate of drug-likeness (QED) is 0.323. The Bertz CT molecular complexity index is 405. The molecule has 0 amide bonds. The van der Waals surface area contributed by atoms with Crippen molar-refractivity contribution < 1.29 is 9.15 Å². The minimum atomic E-state index is 0. The van der Waals surface area contributed by atoms with Gasteiger partial charge in [0, 0.05) is 38.9 Å². The number of aryl methyl sites for hydroxylation is 2. The first-order valence-corrected chi connectivity index (χ1v) is 6.75. The van der Waals surface area contributed by atoms with E-state index in [-0.39, 0.29) is 24.0 Å². The van der Waals surface area contributed by atoms with Gasteiger partial charge >= 0.3 is 0 Å². The van der Waals surface area contributed by atoms with Gasteiger partial charge in [0.2, 0.25) is 0 Å². The van der Waals surface area contributed by atoms with Gasteiger partial charge in [-0.25, -0.2) is 0 Å². The lowest BCUT2D eigenvalue weighted by atomic mass is 10.2. The first kappa shape index (κ1) is 19.2. The van der Waals surface area contributed by atoms with Crippen molar-refractivity contribution in [2.24, 2.45) is 4.99 Å². The molecule has 0 spiro atoms. The topological polar surface area (TPSA) is 58.8 Å². The zero-order chi connectivity index (χ0) is 14.1. The highest BCUT2D eigenvalue weighted by Crippen LogP contribution is 2.12. The molecule has 0 aliphatic carbocycles. The normalized spacial score (nSPS) is 11.1. The van der Waals surface area contributed by atoms with Crippen molar-refractivity contribution in [3.8, 4) is 0 Å². The van der Waals surface area contributed by atoms with Crippen LogP contribution in [0.25, 0.3) is 0 Å². The van der Waals surface area contributed by atoms with Gasteiger partial charge < -0.3 is 19.8 Å². The van der Waals surface area contributed by atoms with Crippen LogP contribution in [0.15, 0.2) is 15.5 Å². The van der Waals surface area contributed by atoms with E-state index in [0.29, 0.717) is 6.54 Å². The minimum Gasteiger partial charge on any atom is -0.466 e. The molecular formula is C14H26IN3O2. The van der Waals surface area contributed by atoms with Gasteiger partial charge in [-0.1, -0.05) is 0 Å². The maximum atomic E-state index is 5.49. The van der Waals surface area contributed by atoms with E-state index < -0.39 is 0 Å². The van der Waals surface area contributed by atoms with Crippen LogP contribution >= 0.6 is 24.0 Å². The average Bonchev–Trinajstić information content (AvgIpc) is 2.71. The molecule has 1 heterocycles. The maximum Gasteiger partial charge on any atom is 0.191 e. The second-order valence-electron chi connectivity index (χ2n) is 4.34. The van der Waals surface area contributed by atoms with E-state index in [0.717, 1.165) is 49.2 Å². The molecule has 2 N–H and O–H groups in total. The zero-order valence-corrected chi connectivity index (χ0v) is 15.1. The van der Waals surface area contributed by atoms with E-state index in [9.17, 15) is 0 Å². The van der Waals surface area contributed by atoms with Crippen LogP contribution in [0.1, 0.15) is 30.4 Å². The third-order valence-electron chi connectivity index (χ3n) is 2.78. The Labute approximate surface area is 138 Å². The number of ether oxygens (including phenoxy) is 1. The molecule has 0 aliphatic rings. The average molecular weight is 395 g/mol. The Balaban J connectivity index is 0.00000361. The van der Waals surface area contributed by atoms with Crippen LogP contribution in [0, 0.1) is 13.8 Å². The standard InChI is InChI=1S/C14H25N3O2.HI/c1-5-18-8-6-7-16-14(15-4)17-10-13-9-11(2)19-12(13)3;/h9H,5-8,10H2,1-4H3,(H2,15,16,17);1H. The molecule has 1 aromatic rings. The van der Waals surface area contributed by atoms with Gasteiger partial charge in [-0.2, -0.15) is 0 Å². The van der Waals surface area contributed by atoms with E-state index in [1.165, 1.54) is 0 Å². The van der Waals surface area contributed by atoms with E-state index >= 15 is 0 Å². The van der Waals surface area contributed by atoms with Gasteiger partial charge in [0.1, 0.15) is 11.5 Å². The zero-order valence-electron chi connectivity index (χ0n) is 12.8. The molecule has 1 aromatic heterocycles. The van der Waals surface area contributed by atoms with Crippen LogP contribution in [-0.2, 0) is 11.3 Å². The van der Waals surface area contributed by atoms with Crippen LogP contribution in [0.2, 0.25) is 0 Å². The summed E-state index contributed by atoms with van der Waals surface area (Å²) < 4.78 is 10.8. The van der Waals surface area contributed by atoms with E-state index in [1.54, 1.807) is 7.05 Å². The first-order chi connectivity index (χ1) is 9.17. The van der Waals surface area contributed by atoms with Crippen LogP contribution in [0.3, 0.4) is 0 Å². The monoisotopic (exact) mass is 395 g/mol. The molecule has 0 atom stereocenters. The Morgan fingerprint density at radius 1 is 1.35 bits per heavy atom. The molecule has 116 valence electrons. The summed E-state index contributed by atoms with van der Waals surface area (Å²) in [5.41, 5.74) is 1.16. The highest BCUT2D eigenvalue weighted by molar-refractivity contribution is 14.0. The van der Waals surface area contributed by atoms with Crippen molar-refractivity contribution >= 4 is 29.9 Å². The molecule has 20 heavy (non-hydrogen) atoms. The molecule has 6 heteroatoms. The Morgan fingerprint density at radius 2 is 2.10 bits per heavy atom. The summed E-state index contributed by atoms with van der Waals surface area (Å²) in [5.74, 6) is 2.69. The smallest absolute Gasteiger partial charge is 0.191 e. The molecule has 0 radical (unpaired) electrons. The van der Waals surface area contributed by atoms with Crippen LogP contribution in [0.4, 0.5) is 0 Å². The second kappa shape index (κ2) is 11.0. The van der Waals surface area contributed by atoms with Gasteiger partial charge in [0.15, 0.2) is 5.96 Å². The van der Waals surface area contributed by atoms with Gasteiger partial charge in [-0.05, 0) is 33.3 Å². The third kappa shape index (κ3) is 7.14. The largest absolute Gasteiger partial charge is 0.466 e. The second-order valence-corrected chi connectivity index (χ2v) is 4.34. The van der Waals surface area contributed by atoms with Gasteiger partial charge in [-0.3, -0.25) is 4.99 Å². The number of rotatable bonds is 7. The summed E-state index contributed by atoms with van der Waals surface area (Å²) in [7, 11) is 1.77. The molecular weight excluding hydrogens is 369 g/mol. The molecule has 5 nitrogen and oxygen atoms in total. The van der Waals surface area contributed by atoms with Crippen LogP contribution in [0.5, 0.6) is 0 Å². The minimum absolute atomic E-state index is 0. The van der Waals surface area contributed by atoms with Crippen molar-refractivity contribution in [2.75, 3.05) is 26.8 Å². The molecule has 0 saturated heterocycles. The summed E-state index contributed by atoms with van der Waals surface area (Å²) in [6.07, 6.45) is 0.971. The third-order valence-corrected chi connectivity index (χ3v) is 2.78. The van der Waals surface area contributed by atoms with Crippen LogP contribution < -0.4 is 10.6 Å². The van der Waals surface area contributed by atoms with Crippen LogP contribution in [-0.4, -0.2) is 32.8 Å². The number of hydrogen-bond donors (Lipinski definition) is 2. The summed E-state index contributed by atoms with van der Waals surface area (Å²) in [5, 5.41) is 6.52. The van der Waals surface area contributed by atoms with E-state index in [4.69, 9.17) is 9.15 Å². The fourth-order valence-electron chi connectivity index (χ4n) is 1.78. The molecule has 0 aliphatic heterocycles. The summed E-state index contributed by atoms with van der Waals surface area (Å²) >= 11 is 0. The molecule has 0 fully saturated rings. The van der Waals surface area contributed by atoms with Crippen molar-refractivity contribution in [1.82, 2.24) is 10.6 Å². The Morgan fingerprint density at radius 3 is 2.65 bits per heavy atom. The summed E-state index contributed by atoms with van der Waals surface area (Å²) in [6, 6.07) is 2.05. The summed E-state index contributed by atoms with van der Waals surface area (Å²) in [6.45, 7) is 9.05. The van der Waals surface area contributed by atoms with Crippen molar-refractivity contribution in [2.45, 2.75) is 33.7 Å². The number of nitrogens with zero attached hydrogens (tertiary/aromatic N) is 1. The highest BCUT2D eigenvalue weighted by Gasteiger charge is 2.05. The predicted molar refractivity (Wildman–Crippen MR) is 92.9 cm³/mol. The predicted octanol–water partition coefficient (Wildman–Crippen LogP) is 2.61. The van der Waals surface area contributed by atoms with Gasteiger partial charge in [0.05, 0.1) is 0 Å². The van der Waals surface area contributed by atoms with Gasteiger partial charge in [0.25, 0.3) is 0 Å². The number of halogens is 1.